The lowest BCUT2D eigenvalue weighted by Gasteiger charge is -2.36. The van der Waals surface area contributed by atoms with Crippen molar-refractivity contribution in [2.45, 2.75) is 38.8 Å². The number of rotatable bonds is 2. The quantitative estimate of drug-likeness (QED) is 0.690. The van der Waals surface area contributed by atoms with Crippen LogP contribution in [0.5, 0.6) is 0 Å². The molecule has 1 fully saturated rings. The summed E-state index contributed by atoms with van der Waals surface area (Å²) in [5.41, 5.74) is 6.05. The summed E-state index contributed by atoms with van der Waals surface area (Å²) in [6.07, 6.45) is 0.995. The van der Waals surface area contributed by atoms with Crippen LogP contribution in [0.2, 0.25) is 0 Å². The number of amides is 1. The van der Waals surface area contributed by atoms with E-state index in [1.165, 1.54) is 11.1 Å². The Hall–Kier alpha value is -2.73. The molecule has 0 N–H and O–H groups in total. The molecule has 5 rings (SSSR count). The second-order valence-corrected chi connectivity index (χ2v) is 8.07. The van der Waals surface area contributed by atoms with E-state index in [1.54, 1.807) is 0 Å². The molecule has 0 unspecified atom stereocenters. The maximum absolute atomic E-state index is 13.6. The van der Waals surface area contributed by atoms with Gasteiger partial charge in [0.25, 0.3) is 5.91 Å². The molecule has 28 heavy (non-hydrogen) atoms. The van der Waals surface area contributed by atoms with Gasteiger partial charge in [0.1, 0.15) is 5.52 Å². The summed E-state index contributed by atoms with van der Waals surface area (Å²) in [5.74, 6) is 0.442. The average molecular weight is 375 g/mol. The summed E-state index contributed by atoms with van der Waals surface area (Å²) < 4.78 is 1.85. The molecule has 0 saturated carbocycles. The third-order valence-corrected chi connectivity index (χ3v) is 6.23. The molecule has 0 spiro atoms. The third-order valence-electron chi connectivity index (χ3n) is 6.23. The lowest BCUT2D eigenvalue weighted by atomic mass is 9.88. The van der Waals surface area contributed by atoms with Crippen molar-refractivity contribution >= 4 is 22.6 Å². The van der Waals surface area contributed by atoms with Crippen LogP contribution in [0, 0.1) is 6.92 Å². The first kappa shape index (κ1) is 17.4. The lowest BCUT2D eigenvalue weighted by molar-refractivity contribution is 0.0965. The van der Waals surface area contributed by atoms with Crippen LogP contribution < -0.4 is 4.90 Å². The Morgan fingerprint density at radius 1 is 1.21 bits per heavy atom. The number of carbonyl (C=O) groups is 1. The van der Waals surface area contributed by atoms with Gasteiger partial charge in [0.05, 0.1) is 5.52 Å². The van der Waals surface area contributed by atoms with Crippen LogP contribution in [0.1, 0.15) is 40.7 Å². The Morgan fingerprint density at radius 3 is 2.89 bits per heavy atom. The number of nitrogens with zero attached hydrogens (tertiary/aromatic N) is 5. The number of benzene rings is 2. The van der Waals surface area contributed by atoms with Crippen molar-refractivity contribution < 1.29 is 4.79 Å². The molecular weight excluding hydrogens is 350 g/mol. The number of piperidine rings is 1. The first-order chi connectivity index (χ1) is 13.6. The number of fused-ring (bicyclic) bond motifs is 4. The van der Waals surface area contributed by atoms with E-state index in [9.17, 15) is 4.79 Å². The molecule has 1 aromatic heterocycles. The highest BCUT2D eigenvalue weighted by molar-refractivity contribution is 6.09. The Bertz CT molecular complexity index is 1070. The monoisotopic (exact) mass is 375 g/mol. The lowest BCUT2D eigenvalue weighted by Crippen LogP contribution is -2.47. The molecule has 0 radical (unpaired) electrons. The fraction of sp³-hybridized carbons (Fsp3) is 0.409. The SMILES string of the molecule is CCn1nnc2cc(C(=O)N3c4ccc(C)cc4[C@@H]4CN(C)CC[C@@H]43)ccc21. The van der Waals surface area contributed by atoms with Crippen LogP contribution in [0.25, 0.3) is 11.0 Å². The molecule has 2 aliphatic rings. The fourth-order valence-corrected chi connectivity index (χ4v) is 4.82. The zero-order chi connectivity index (χ0) is 19.4. The van der Waals surface area contributed by atoms with E-state index in [1.807, 2.05) is 34.7 Å². The summed E-state index contributed by atoms with van der Waals surface area (Å²) in [4.78, 5) is 18.0. The predicted octanol–water partition coefficient (Wildman–Crippen LogP) is 3.21. The molecular formula is C22H25N5O. The Morgan fingerprint density at radius 2 is 2.07 bits per heavy atom. The molecule has 2 aliphatic heterocycles. The normalized spacial score (nSPS) is 21.8. The van der Waals surface area contributed by atoms with E-state index in [-0.39, 0.29) is 11.9 Å². The smallest absolute Gasteiger partial charge is 0.258 e. The molecule has 3 heterocycles. The first-order valence-corrected chi connectivity index (χ1v) is 10.0. The Labute approximate surface area is 164 Å². The van der Waals surface area contributed by atoms with Gasteiger partial charge in [-0.1, -0.05) is 22.9 Å². The Balaban J connectivity index is 1.57. The minimum absolute atomic E-state index is 0.0649. The van der Waals surface area contributed by atoms with E-state index >= 15 is 0 Å². The maximum atomic E-state index is 13.6. The number of likely N-dealkylation sites (N-methyl/N-ethyl adjacent to an activating group) is 1. The van der Waals surface area contributed by atoms with Crippen molar-refractivity contribution in [3.63, 3.8) is 0 Å². The van der Waals surface area contributed by atoms with Gasteiger partial charge in [-0.3, -0.25) is 4.79 Å². The van der Waals surface area contributed by atoms with Crippen LogP contribution in [0.4, 0.5) is 5.69 Å². The second-order valence-electron chi connectivity index (χ2n) is 8.07. The molecule has 1 amide bonds. The Kier molecular flexibility index (Phi) is 3.98. The predicted molar refractivity (Wildman–Crippen MR) is 110 cm³/mol. The molecule has 1 saturated heterocycles. The average Bonchev–Trinajstić information content (AvgIpc) is 3.25. The standard InChI is InChI=1S/C22H25N5O/c1-4-26-21-8-6-15(12-18(21)23-24-26)22(28)27-19-7-5-14(2)11-16(19)17-13-25(3)10-9-20(17)27/h5-8,11-12,17,20H,4,9-10,13H2,1-3H3/t17-,20-/m0/s1. The van der Waals surface area contributed by atoms with Crippen molar-refractivity contribution in [1.29, 1.82) is 0 Å². The molecule has 3 aromatic rings. The second kappa shape index (κ2) is 6.41. The van der Waals surface area contributed by atoms with Gasteiger partial charge in [0.2, 0.25) is 0 Å². The van der Waals surface area contributed by atoms with Gasteiger partial charge in [-0.15, -0.1) is 5.10 Å². The highest BCUT2D eigenvalue weighted by atomic mass is 16.2. The number of hydrogen-bond acceptors (Lipinski definition) is 4. The van der Waals surface area contributed by atoms with Crippen LogP contribution in [0.3, 0.4) is 0 Å². The summed E-state index contributed by atoms with van der Waals surface area (Å²) in [5, 5.41) is 8.41. The van der Waals surface area contributed by atoms with Crippen molar-refractivity contribution in [3.8, 4) is 0 Å². The van der Waals surface area contributed by atoms with Gasteiger partial charge in [0, 0.05) is 36.3 Å². The molecule has 6 nitrogen and oxygen atoms in total. The summed E-state index contributed by atoms with van der Waals surface area (Å²) in [7, 11) is 2.17. The largest absolute Gasteiger partial charge is 0.306 e. The third kappa shape index (κ3) is 2.55. The zero-order valence-electron chi connectivity index (χ0n) is 16.6. The molecule has 6 heteroatoms. The van der Waals surface area contributed by atoms with Crippen LogP contribution in [0.15, 0.2) is 36.4 Å². The number of likely N-dealkylation sites (tertiary alicyclic amines) is 1. The number of carbonyl (C=O) groups excluding carboxylic acids is 1. The van der Waals surface area contributed by atoms with Gasteiger partial charge in [-0.05, 0) is 63.7 Å². The number of aryl methyl sites for hydroxylation is 2. The topological polar surface area (TPSA) is 54.3 Å². The van der Waals surface area contributed by atoms with E-state index in [4.69, 9.17) is 0 Å². The molecule has 144 valence electrons. The van der Waals surface area contributed by atoms with Gasteiger partial charge in [0.15, 0.2) is 0 Å². The first-order valence-electron chi connectivity index (χ1n) is 10.0. The highest BCUT2D eigenvalue weighted by Gasteiger charge is 2.44. The van der Waals surface area contributed by atoms with E-state index in [0.29, 0.717) is 11.5 Å². The summed E-state index contributed by atoms with van der Waals surface area (Å²) in [6.45, 7) is 6.93. The van der Waals surface area contributed by atoms with Crippen LogP contribution in [-0.2, 0) is 6.54 Å². The van der Waals surface area contributed by atoms with E-state index in [0.717, 1.165) is 42.8 Å². The molecule has 2 atom stereocenters. The zero-order valence-corrected chi connectivity index (χ0v) is 16.6. The maximum Gasteiger partial charge on any atom is 0.258 e. The molecule has 0 aliphatic carbocycles. The van der Waals surface area contributed by atoms with E-state index < -0.39 is 0 Å². The molecule has 2 aromatic carbocycles. The van der Waals surface area contributed by atoms with Gasteiger partial charge < -0.3 is 9.80 Å². The van der Waals surface area contributed by atoms with Gasteiger partial charge in [-0.2, -0.15) is 0 Å². The van der Waals surface area contributed by atoms with Gasteiger partial charge in [-0.25, -0.2) is 4.68 Å². The number of hydrogen-bond donors (Lipinski definition) is 0. The van der Waals surface area contributed by atoms with Crippen molar-refractivity contribution in [3.05, 3.63) is 53.1 Å². The summed E-state index contributed by atoms with van der Waals surface area (Å²) >= 11 is 0. The summed E-state index contributed by atoms with van der Waals surface area (Å²) in [6, 6.07) is 12.5. The number of aromatic nitrogens is 3. The van der Waals surface area contributed by atoms with Gasteiger partial charge >= 0.3 is 0 Å². The van der Waals surface area contributed by atoms with Crippen molar-refractivity contribution in [2.24, 2.45) is 0 Å². The fourth-order valence-electron chi connectivity index (χ4n) is 4.82. The van der Waals surface area contributed by atoms with Crippen LogP contribution in [-0.4, -0.2) is 52.0 Å². The van der Waals surface area contributed by atoms with E-state index in [2.05, 4.69) is 47.4 Å². The van der Waals surface area contributed by atoms with Crippen LogP contribution >= 0.6 is 0 Å². The minimum Gasteiger partial charge on any atom is -0.306 e. The van der Waals surface area contributed by atoms with Crippen molar-refractivity contribution in [1.82, 2.24) is 19.9 Å². The number of anilines is 1. The molecule has 0 bridgehead atoms. The highest BCUT2D eigenvalue weighted by Crippen LogP contribution is 2.45. The minimum atomic E-state index is 0.0649. The van der Waals surface area contributed by atoms with Crippen molar-refractivity contribution in [2.75, 3.05) is 25.0 Å².